The second-order valence-corrected chi connectivity index (χ2v) is 5.62. The van der Waals surface area contributed by atoms with Crippen LogP contribution in [0.1, 0.15) is 31.9 Å². The lowest BCUT2D eigenvalue weighted by Crippen LogP contribution is -2.24. The maximum absolute atomic E-state index is 11.3. The monoisotopic (exact) mass is 282 g/mol. The standard InChI is InChI=1S/C15H19ClO3/c1-11-10-13(16)8-7-12(11)6-5-9-18-14(17)19-15(2,3)4/h5-8,10H,9H2,1-4H3/b6-5+. The van der Waals surface area contributed by atoms with Crippen LogP contribution >= 0.6 is 11.6 Å². The summed E-state index contributed by atoms with van der Waals surface area (Å²) >= 11 is 5.87. The van der Waals surface area contributed by atoms with Gasteiger partial charge in [0.2, 0.25) is 0 Å². The lowest BCUT2D eigenvalue weighted by Gasteiger charge is -2.18. The maximum atomic E-state index is 11.3. The summed E-state index contributed by atoms with van der Waals surface area (Å²) in [5, 5.41) is 0.708. The fraction of sp³-hybridized carbons (Fsp3) is 0.400. The molecule has 0 fully saturated rings. The Balaban J connectivity index is 2.44. The minimum atomic E-state index is -0.662. The lowest BCUT2D eigenvalue weighted by molar-refractivity contribution is -0.00234. The van der Waals surface area contributed by atoms with E-state index in [4.69, 9.17) is 21.1 Å². The van der Waals surface area contributed by atoms with Gasteiger partial charge in [-0.25, -0.2) is 4.79 Å². The van der Waals surface area contributed by atoms with Gasteiger partial charge in [0.05, 0.1) is 0 Å². The highest BCUT2D eigenvalue weighted by molar-refractivity contribution is 6.30. The third-order valence-electron chi connectivity index (χ3n) is 2.22. The number of benzene rings is 1. The van der Waals surface area contributed by atoms with E-state index in [0.717, 1.165) is 11.1 Å². The zero-order valence-electron chi connectivity index (χ0n) is 11.7. The highest BCUT2D eigenvalue weighted by atomic mass is 35.5. The Morgan fingerprint density at radius 2 is 2.05 bits per heavy atom. The first-order chi connectivity index (χ1) is 8.78. The molecule has 0 aromatic heterocycles. The topological polar surface area (TPSA) is 35.5 Å². The molecule has 0 spiro atoms. The summed E-state index contributed by atoms with van der Waals surface area (Å²) in [6.45, 7) is 7.53. The third-order valence-corrected chi connectivity index (χ3v) is 2.45. The van der Waals surface area contributed by atoms with Gasteiger partial charge < -0.3 is 9.47 Å². The van der Waals surface area contributed by atoms with Crippen LogP contribution < -0.4 is 0 Å². The quantitative estimate of drug-likeness (QED) is 0.759. The lowest BCUT2D eigenvalue weighted by atomic mass is 10.1. The molecule has 0 unspecified atom stereocenters. The summed E-state index contributed by atoms with van der Waals surface area (Å²) < 4.78 is 9.95. The van der Waals surface area contributed by atoms with Gasteiger partial charge in [0.15, 0.2) is 0 Å². The molecule has 0 radical (unpaired) electrons. The van der Waals surface area contributed by atoms with E-state index in [1.807, 2.05) is 31.2 Å². The Labute approximate surface area is 119 Å². The van der Waals surface area contributed by atoms with Crippen molar-refractivity contribution in [3.8, 4) is 0 Å². The second-order valence-electron chi connectivity index (χ2n) is 5.18. The van der Waals surface area contributed by atoms with E-state index in [1.165, 1.54) is 0 Å². The molecule has 3 nitrogen and oxygen atoms in total. The van der Waals surface area contributed by atoms with Crippen LogP contribution in [0.4, 0.5) is 4.79 Å². The number of carbonyl (C=O) groups excluding carboxylic acids is 1. The van der Waals surface area contributed by atoms with Gasteiger partial charge in [0, 0.05) is 5.02 Å². The Kier molecular flexibility index (Phi) is 5.43. The second kappa shape index (κ2) is 6.62. The van der Waals surface area contributed by atoms with Gasteiger partial charge in [-0.05, 0) is 57.0 Å². The van der Waals surface area contributed by atoms with Gasteiger partial charge in [0.1, 0.15) is 12.2 Å². The number of hydrogen-bond donors (Lipinski definition) is 0. The molecule has 0 atom stereocenters. The fourth-order valence-corrected chi connectivity index (χ4v) is 1.62. The molecule has 0 N–H and O–H groups in total. The smallest absolute Gasteiger partial charge is 0.430 e. The largest absolute Gasteiger partial charge is 0.509 e. The van der Waals surface area contributed by atoms with E-state index in [-0.39, 0.29) is 6.61 Å². The molecular formula is C15H19ClO3. The molecule has 19 heavy (non-hydrogen) atoms. The SMILES string of the molecule is Cc1cc(Cl)ccc1/C=C/COC(=O)OC(C)(C)C. The molecule has 1 aromatic carbocycles. The average Bonchev–Trinajstić information content (AvgIpc) is 2.24. The number of rotatable bonds is 3. The first-order valence-electron chi connectivity index (χ1n) is 6.06. The van der Waals surface area contributed by atoms with Crippen molar-refractivity contribution in [3.63, 3.8) is 0 Å². The number of hydrogen-bond acceptors (Lipinski definition) is 3. The van der Waals surface area contributed by atoms with Crippen molar-refractivity contribution in [2.45, 2.75) is 33.3 Å². The van der Waals surface area contributed by atoms with E-state index < -0.39 is 11.8 Å². The van der Waals surface area contributed by atoms with Crippen LogP contribution in [0.25, 0.3) is 6.08 Å². The Morgan fingerprint density at radius 1 is 1.37 bits per heavy atom. The van der Waals surface area contributed by atoms with Gasteiger partial charge in [-0.3, -0.25) is 0 Å². The van der Waals surface area contributed by atoms with Crippen molar-refractivity contribution in [2.75, 3.05) is 6.61 Å². The molecule has 0 aliphatic carbocycles. The molecule has 4 heteroatoms. The summed E-state index contributed by atoms with van der Waals surface area (Å²) in [7, 11) is 0. The van der Waals surface area contributed by atoms with Crippen molar-refractivity contribution in [1.82, 2.24) is 0 Å². The van der Waals surface area contributed by atoms with Crippen LogP contribution in [-0.4, -0.2) is 18.4 Å². The zero-order chi connectivity index (χ0) is 14.5. The van der Waals surface area contributed by atoms with Crippen molar-refractivity contribution in [1.29, 1.82) is 0 Å². The van der Waals surface area contributed by atoms with Crippen LogP contribution in [-0.2, 0) is 9.47 Å². The number of carbonyl (C=O) groups is 1. The van der Waals surface area contributed by atoms with Crippen LogP contribution in [0.15, 0.2) is 24.3 Å². The first kappa shape index (κ1) is 15.6. The molecule has 1 aromatic rings. The molecule has 0 amide bonds. The van der Waals surface area contributed by atoms with Gasteiger partial charge in [-0.1, -0.05) is 23.7 Å². The average molecular weight is 283 g/mol. The highest BCUT2D eigenvalue weighted by Gasteiger charge is 2.16. The molecular weight excluding hydrogens is 264 g/mol. The first-order valence-corrected chi connectivity index (χ1v) is 6.44. The summed E-state index contributed by atoms with van der Waals surface area (Å²) in [6, 6.07) is 5.63. The van der Waals surface area contributed by atoms with Crippen molar-refractivity contribution in [3.05, 3.63) is 40.4 Å². The van der Waals surface area contributed by atoms with Crippen LogP contribution in [0, 0.1) is 6.92 Å². The van der Waals surface area contributed by atoms with Gasteiger partial charge in [0.25, 0.3) is 0 Å². The number of aryl methyl sites for hydroxylation is 1. The van der Waals surface area contributed by atoms with Gasteiger partial charge >= 0.3 is 6.16 Å². The van der Waals surface area contributed by atoms with Crippen molar-refractivity contribution >= 4 is 23.8 Å². The summed E-state index contributed by atoms with van der Waals surface area (Å²) in [4.78, 5) is 11.3. The van der Waals surface area contributed by atoms with Gasteiger partial charge in [-0.15, -0.1) is 0 Å². The predicted molar refractivity (Wildman–Crippen MR) is 77.4 cm³/mol. The fourth-order valence-electron chi connectivity index (χ4n) is 1.40. The van der Waals surface area contributed by atoms with Crippen LogP contribution in [0.3, 0.4) is 0 Å². The molecule has 0 heterocycles. The van der Waals surface area contributed by atoms with Crippen molar-refractivity contribution < 1.29 is 14.3 Å². The third kappa shape index (κ3) is 6.30. The predicted octanol–water partition coefficient (Wildman–Crippen LogP) is 4.61. The van der Waals surface area contributed by atoms with E-state index in [9.17, 15) is 4.79 Å². The summed E-state index contributed by atoms with van der Waals surface area (Å²) in [5.74, 6) is 0. The molecule has 104 valence electrons. The molecule has 0 aliphatic heterocycles. The van der Waals surface area contributed by atoms with E-state index in [2.05, 4.69) is 0 Å². The van der Waals surface area contributed by atoms with E-state index in [0.29, 0.717) is 5.02 Å². The summed E-state index contributed by atoms with van der Waals surface area (Å²) in [5.41, 5.74) is 1.58. The normalized spacial score (nSPS) is 11.6. The molecule has 0 bridgehead atoms. The summed E-state index contributed by atoms with van der Waals surface area (Å²) in [6.07, 6.45) is 2.99. The van der Waals surface area contributed by atoms with Crippen molar-refractivity contribution in [2.24, 2.45) is 0 Å². The molecule has 0 aliphatic rings. The molecule has 0 saturated heterocycles. The van der Waals surface area contributed by atoms with E-state index in [1.54, 1.807) is 26.8 Å². The van der Waals surface area contributed by atoms with E-state index >= 15 is 0 Å². The minimum Gasteiger partial charge on any atom is -0.430 e. The Hall–Kier alpha value is -1.48. The molecule has 0 saturated carbocycles. The van der Waals surface area contributed by atoms with Crippen LogP contribution in [0.5, 0.6) is 0 Å². The highest BCUT2D eigenvalue weighted by Crippen LogP contribution is 2.16. The molecule has 1 rings (SSSR count). The minimum absolute atomic E-state index is 0.178. The zero-order valence-corrected chi connectivity index (χ0v) is 12.5. The Bertz CT molecular complexity index is 473. The number of halogens is 1. The van der Waals surface area contributed by atoms with Crippen LogP contribution in [0.2, 0.25) is 5.02 Å². The van der Waals surface area contributed by atoms with Gasteiger partial charge in [-0.2, -0.15) is 0 Å². The number of ether oxygens (including phenoxy) is 2. The Morgan fingerprint density at radius 3 is 2.63 bits per heavy atom. The maximum Gasteiger partial charge on any atom is 0.509 e.